The van der Waals surface area contributed by atoms with Crippen LogP contribution in [0, 0.1) is 18.6 Å². The third kappa shape index (κ3) is 7.84. The molecule has 0 saturated carbocycles. The van der Waals surface area contributed by atoms with Crippen molar-refractivity contribution in [1.82, 2.24) is 9.13 Å². The fraction of sp³-hybridized carbons (Fsp3) is 0.143. The zero-order valence-corrected chi connectivity index (χ0v) is 36.6. The second-order valence-electron chi connectivity index (χ2n) is 17.0. The lowest BCUT2D eigenvalue weighted by Crippen LogP contribution is -2.19. The Morgan fingerprint density at radius 1 is 0.478 bits per heavy atom. The number of phenolic OH excluding ortho intramolecular Hbond substituents is 2. The van der Waals surface area contributed by atoms with Crippen molar-refractivity contribution in [2.45, 2.75) is 52.0 Å². The van der Waals surface area contributed by atoms with Crippen molar-refractivity contribution in [2.75, 3.05) is 0 Å². The smallest absolute Gasteiger partial charge is 0.416 e. The van der Waals surface area contributed by atoms with Gasteiger partial charge in [0.1, 0.15) is 34.6 Å². The van der Waals surface area contributed by atoms with Crippen LogP contribution in [-0.2, 0) is 6.18 Å². The highest BCUT2D eigenvalue weighted by molar-refractivity contribution is 6.10. The van der Waals surface area contributed by atoms with Crippen LogP contribution in [0.5, 0.6) is 23.0 Å². The Kier molecular flexibility index (Phi) is 10.9. The number of ether oxygens (including phenoxy) is 2. The van der Waals surface area contributed by atoms with E-state index in [-0.39, 0.29) is 28.3 Å². The molecule has 336 valence electrons. The number of hydrogen-bond acceptors (Lipinski definition) is 4. The molecular weight excluding hydrogens is 860 g/mol. The summed E-state index contributed by atoms with van der Waals surface area (Å²) in [6, 6.07) is 43.5. The number of alkyl halides is 3. The monoisotopic (exact) mass is 902 g/mol. The van der Waals surface area contributed by atoms with Gasteiger partial charge in [-0.1, -0.05) is 72.8 Å². The summed E-state index contributed by atoms with van der Waals surface area (Å²) in [6.45, 7) is 5.54. The van der Waals surface area contributed by atoms with Crippen LogP contribution in [0.2, 0.25) is 0 Å². The summed E-state index contributed by atoms with van der Waals surface area (Å²) in [4.78, 5) is 0. The first-order valence-electron chi connectivity index (χ1n) is 21.9. The predicted octanol–water partition coefficient (Wildman–Crippen LogP) is 15.2. The molecule has 0 amide bonds. The molecular formula is C56H43F5N2O4. The topological polar surface area (TPSA) is 68.8 Å². The maximum absolute atomic E-state index is 15.1. The van der Waals surface area contributed by atoms with E-state index < -0.39 is 41.3 Å². The second-order valence-corrected chi connectivity index (χ2v) is 17.0. The van der Waals surface area contributed by atoms with Gasteiger partial charge in [0.05, 0.1) is 51.2 Å². The van der Waals surface area contributed by atoms with Gasteiger partial charge in [0.2, 0.25) is 0 Å². The molecule has 0 radical (unpaired) electrons. The average molecular weight is 903 g/mol. The van der Waals surface area contributed by atoms with Gasteiger partial charge < -0.3 is 28.8 Å². The van der Waals surface area contributed by atoms with Crippen LogP contribution in [0.4, 0.5) is 22.0 Å². The lowest BCUT2D eigenvalue weighted by molar-refractivity contribution is -0.137. The van der Waals surface area contributed by atoms with E-state index in [1.807, 2.05) is 97.3 Å². The molecule has 67 heavy (non-hydrogen) atoms. The number of rotatable bonds is 11. The highest BCUT2D eigenvalue weighted by atomic mass is 19.4. The molecule has 0 aliphatic rings. The maximum Gasteiger partial charge on any atom is 0.416 e. The summed E-state index contributed by atoms with van der Waals surface area (Å²) in [7, 11) is 0. The first-order valence-corrected chi connectivity index (χ1v) is 21.9. The number of halogens is 5. The van der Waals surface area contributed by atoms with Gasteiger partial charge in [-0.2, -0.15) is 13.2 Å². The third-order valence-corrected chi connectivity index (χ3v) is 12.4. The molecule has 0 bridgehead atoms. The number of fused-ring (bicyclic) bond motifs is 6. The highest BCUT2D eigenvalue weighted by Crippen LogP contribution is 2.47. The zero-order chi connectivity index (χ0) is 46.7. The maximum atomic E-state index is 15.1. The third-order valence-electron chi connectivity index (χ3n) is 12.4. The molecule has 0 unspecified atom stereocenters. The Labute approximate surface area is 382 Å². The van der Waals surface area contributed by atoms with Gasteiger partial charge in [-0.15, -0.1) is 0 Å². The van der Waals surface area contributed by atoms with E-state index in [9.17, 15) is 23.4 Å². The van der Waals surface area contributed by atoms with Crippen molar-refractivity contribution >= 4 is 43.6 Å². The fourth-order valence-electron chi connectivity index (χ4n) is 9.31. The van der Waals surface area contributed by atoms with Crippen molar-refractivity contribution in [3.05, 3.63) is 180 Å². The number of nitrogens with zero attached hydrogens (tertiary/aromatic N) is 2. The number of phenols is 2. The Hall–Kier alpha value is -7.79. The number of aryl methyl sites for hydroxylation is 1. The number of benzene rings is 8. The second kappa shape index (κ2) is 16.9. The van der Waals surface area contributed by atoms with Crippen molar-refractivity contribution in [1.29, 1.82) is 0 Å². The van der Waals surface area contributed by atoms with E-state index in [0.29, 0.717) is 46.4 Å². The van der Waals surface area contributed by atoms with Crippen LogP contribution in [-0.4, -0.2) is 31.6 Å². The van der Waals surface area contributed by atoms with Gasteiger partial charge in [-0.05, 0) is 124 Å². The summed E-state index contributed by atoms with van der Waals surface area (Å²) in [5.41, 5.74) is 3.60. The Bertz CT molecular complexity index is 3430. The van der Waals surface area contributed by atoms with Gasteiger partial charge >= 0.3 is 6.18 Å². The first kappa shape index (κ1) is 43.1. The average Bonchev–Trinajstić information content (AvgIpc) is 3.83. The molecule has 0 fully saturated rings. The van der Waals surface area contributed by atoms with Gasteiger partial charge in [-0.25, -0.2) is 8.78 Å². The van der Waals surface area contributed by atoms with E-state index in [0.717, 1.165) is 62.4 Å². The largest absolute Gasteiger partial charge is 0.505 e. The van der Waals surface area contributed by atoms with Gasteiger partial charge in [-0.3, -0.25) is 0 Å². The molecule has 2 heterocycles. The summed E-state index contributed by atoms with van der Waals surface area (Å²) in [5.74, 6) is -1.37. The minimum atomic E-state index is -4.81. The van der Waals surface area contributed by atoms with Crippen LogP contribution in [0.3, 0.4) is 0 Å². The Morgan fingerprint density at radius 2 is 0.851 bits per heavy atom. The first-order chi connectivity index (χ1) is 32.2. The summed E-state index contributed by atoms with van der Waals surface area (Å²) in [6.07, 6.45) is -5.06. The van der Waals surface area contributed by atoms with E-state index in [4.69, 9.17) is 9.47 Å². The van der Waals surface area contributed by atoms with Crippen molar-refractivity contribution in [3.63, 3.8) is 0 Å². The molecule has 0 spiro atoms. The summed E-state index contributed by atoms with van der Waals surface area (Å²) in [5, 5.41) is 27.6. The van der Waals surface area contributed by atoms with Crippen molar-refractivity contribution in [3.8, 4) is 56.6 Å². The number of aromatic hydroxyl groups is 2. The highest BCUT2D eigenvalue weighted by Gasteiger charge is 2.34. The van der Waals surface area contributed by atoms with E-state index >= 15 is 8.78 Å². The van der Waals surface area contributed by atoms with Crippen LogP contribution >= 0.6 is 0 Å². The number of para-hydroxylation sites is 4. The Balaban J connectivity index is 0.936. The molecule has 10 aromatic rings. The van der Waals surface area contributed by atoms with Gasteiger partial charge in [0, 0.05) is 43.8 Å². The van der Waals surface area contributed by atoms with Crippen LogP contribution in [0.25, 0.3) is 77.2 Å². The van der Waals surface area contributed by atoms with Gasteiger partial charge in [0.25, 0.3) is 0 Å². The van der Waals surface area contributed by atoms with Crippen LogP contribution in [0.1, 0.15) is 37.8 Å². The lowest BCUT2D eigenvalue weighted by Gasteiger charge is -2.23. The summed E-state index contributed by atoms with van der Waals surface area (Å²) < 4.78 is 90.7. The van der Waals surface area contributed by atoms with Gasteiger partial charge in [0.15, 0.2) is 0 Å². The SMILES string of the molecule is Cc1cc(-c2cc(F)ccc2O[C@H](C)CC[C@H](C)Oc2ccc(F)cc2-c2cc(C(F)(F)F)cc(-n3c4ccccc4c4ccccc43)c2O)c(O)c(-n2c3ccccc3c3ccccc32)c1. The standard InChI is InChI=1S/C56H43F5N2O4/c1-32-26-44(54(64)50(27-32)62-46-16-8-4-12-38(46)39-13-5-9-17-47(39)62)42-30-36(57)22-24-52(42)66-33(2)20-21-34(3)67-53-25-23-37(58)31-43(53)45-28-35(56(59,60)61)29-51(55(45)65)63-48-18-10-6-14-40(48)41-15-7-11-19-49(41)63/h4-19,22-31,33-34,64-65H,20-21H2,1-3H3/t33-,34+/m1/s1. The molecule has 2 N–H and O–H groups in total. The normalized spacial score (nSPS) is 12.9. The van der Waals surface area contributed by atoms with Crippen molar-refractivity contribution < 1.29 is 41.6 Å². The van der Waals surface area contributed by atoms with Crippen molar-refractivity contribution in [2.24, 2.45) is 0 Å². The molecule has 2 aromatic heterocycles. The molecule has 10 rings (SSSR count). The zero-order valence-electron chi connectivity index (χ0n) is 36.6. The molecule has 8 aromatic carbocycles. The fourth-order valence-corrected chi connectivity index (χ4v) is 9.31. The van der Waals surface area contributed by atoms with Crippen LogP contribution in [0.15, 0.2) is 158 Å². The number of hydrogen-bond donors (Lipinski definition) is 2. The van der Waals surface area contributed by atoms with E-state index in [2.05, 4.69) is 0 Å². The molecule has 0 aliphatic carbocycles. The predicted molar refractivity (Wildman–Crippen MR) is 255 cm³/mol. The number of aromatic nitrogens is 2. The molecule has 2 atom stereocenters. The minimum Gasteiger partial charge on any atom is -0.505 e. The van der Waals surface area contributed by atoms with E-state index in [1.54, 1.807) is 41.8 Å². The molecule has 0 saturated heterocycles. The minimum absolute atomic E-state index is 0.0497. The Morgan fingerprint density at radius 3 is 1.25 bits per heavy atom. The molecule has 0 aliphatic heterocycles. The summed E-state index contributed by atoms with van der Waals surface area (Å²) >= 11 is 0. The van der Waals surface area contributed by atoms with Crippen LogP contribution < -0.4 is 9.47 Å². The molecule has 11 heteroatoms. The molecule has 6 nitrogen and oxygen atoms in total. The quantitative estimate of drug-likeness (QED) is 0.127. The lowest BCUT2D eigenvalue weighted by atomic mass is 9.98. The van der Waals surface area contributed by atoms with E-state index in [1.165, 1.54) is 24.3 Å².